The first-order valence-electron chi connectivity index (χ1n) is 8.14. The van der Waals surface area contributed by atoms with Gasteiger partial charge in [0, 0.05) is 45.6 Å². The molecule has 7 nitrogen and oxygen atoms in total. The molecule has 1 heterocycles. The summed E-state index contributed by atoms with van der Waals surface area (Å²) in [5, 5.41) is 2.06. The van der Waals surface area contributed by atoms with Crippen LogP contribution in [0.25, 0.3) is 0 Å². The van der Waals surface area contributed by atoms with Crippen molar-refractivity contribution in [3.8, 4) is 0 Å². The van der Waals surface area contributed by atoms with E-state index in [2.05, 4.69) is 10.2 Å². The molecule has 0 atom stereocenters. The summed E-state index contributed by atoms with van der Waals surface area (Å²) in [5.41, 5.74) is 4.89. The van der Waals surface area contributed by atoms with Gasteiger partial charge in [0.1, 0.15) is 0 Å². The van der Waals surface area contributed by atoms with Crippen molar-refractivity contribution < 1.29 is 14.4 Å². The van der Waals surface area contributed by atoms with Crippen molar-refractivity contribution in [1.82, 2.24) is 15.1 Å². The quantitative estimate of drug-likeness (QED) is 0.763. The van der Waals surface area contributed by atoms with Crippen LogP contribution in [-0.2, 0) is 9.59 Å². The number of hydrogen-bond acceptors (Lipinski definition) is 4. The summed E-state index contributed by atoms with van der Waals surface area (Å²) in [6, 6.07) is -0.813. The highest BCUT2D eigenvalue weighted by Crippen LogP contribution is 2.28. The van der Waals surface area contributed by atoms with Gasteiger partial charge in [-0.1, -0.05) is 12.8 Å². The summed E-state index contributed by atoms with van der Waals surface area (Å²) >= 11 is 0. The van der Waals surface area contributed by atoms with Crippen LogP contribution in [0.1, 0.15) is 38.5 Å². The Morgan fingerprint density at radius 3 is 2.27 bits per heavy atom. The van der Waals surface area contributed by atoms with Gasteiger partial charge in [-0.05, 0) is 18.8 Å². The molecule has 0 aromatic carbocycles. The Kier molecular flexibility index (Phi) is 6.18. The van der Waals surface area contributed by atoms with E-state index in [4.69, 9.17) is 5.73 Å². The second-order valence-corrected chi connectivity index (χ2v) is 6.24. The van der Waals surface area contributed by atoms with E-state index < -0.39 is 6.03 Å². The number of hydrogen-bond donors (Lipinski definition) is 2. The molecular weight excluding hydrogens is 284 g/mol. The van der Waals surface area contributed by atoms with E-state index in [1.165, 1.54) is 25.7 Å². The second-order valence-electron chi connectivity index (χ2n) is 6.24. The summed E-state index contributed by atoms with van der Waals surface area (Å²) in [6.45, 7) is 3.59. The van der Waals surface area contributed by atoms with Gasteiger partial charge in [0.2, 0.25) is 11.8 Å². The molecular formula is C15H26N4O3. The molecule has 2 aliphatic rings. The maximum absolute atomic E-state index is 12.2. The van der Waals surface area contributed by atoms with Crippen LogP contribution in [0.3, 0.4) is 0 Å². The molecule has 2 rings (SSSR count). The van der Waals surface area contributed by atoms with E-state index in [1.54, 1.807) is 0 Å². The highest BCUT2D eigenvalue weighted by atomic mass is 16.2. The van der Waals surface area contributed by atoms with Crippen LogP contribution < -0.4 is 11.1 Å². The van der Waals surface area contributed by atoms with Crippen LogP contribution in [0.15, 0.2) is 0 Å². The van der Waals surface area contributed by atoms with Gasteiger partial charge in [0.25, 0.3) is 0 Å². The Morgan fingerprint density at radius 2 is 1.68 bits per heavy atom. The van der Waals surface area contributed by atoms with Crippen molar-refractivity contribution in [1.29, 1.82) is 0 Å². The SMILES string of the molecule is NC(=O)NC(=O)CCN1CCN(C(=O)CC2CCCC2)CC1. The van der Waals surface area contributed by atoms with E-state index in [1.807, 2.05) is 4.90 Å². The molecule has 0 aromatic rings. The van der Waals surface area contributed by atoms with Crippen LogP contribution >= 0.6 is 0 Å². The van der Waals surface area contributed by atoms with Crippen LogP contribution in [0.4, 0.5) is 4.79 Å². The largest absolute Gasteiger partial charge is 0.351 e. The fraction of sp³-hybridized carbons (Fsp3) is 0.800. The van der Waals surface area contributed by atoms with Crippen molar-refractivity contribution in [2.45, 2.75) is 38.5 Å². The lowest BCUT2D eigenvalue weighted by molar-refractivity contribution is -0.134. The lowest BCUT2D eigenvalue weighted by Gasteiger charge is -2.35. The molecule has 22 heavy (non-hydrogen) atoms. The first kappa shape index (κ1) is 16.7. The Labute approximate surface area is 131 Å². The highest BCUT2D eigenvalue weighted by molar-refractivity contribution is 5.93. The van der Waals surface area contributed by atoms with Gasteiger partial charge in [-0.3, -0.25) is 19.8 Å². The third kappa shape index (κ3) is 5.29. The summed E-state index contributed by atoms with van der Waals surface area (Å²) in [7, 11) is 0. The average molecular weight is 310 g/mol. The van der Waals surface area contributed by atoms with Crippen LogP contribution in [0.2, 0.25) is 0 Å². The van der Waals surface area contributed by atoms with Crippen molar-refractivity contribution in [2.75, 3.05) is 32.7 Å². The number of imide groups is 1. The summed E-state index contributed by atoms with van der Waals surface area (Å²) in [6.07, 6.45) is 5.86. The summed E-state index contributed by atoms with van der Waals surface area (Å²) in [5.74, 6) is 0.508. The maximum Gasteiger partial charge on any atom is 0.318 e. The Morgan fingerprint density at radius 1 is 1.05 bits per heavy atom. The fourth-order valence-corrected chi connectivity index (χ4v) is 3.27. The number of nitrogens with two attached hydrogens (primary N) is 1. The monoisotopic (exact) mass is 310 g/mol. The molecule has 0 aromatic heterocycles. The van der Waals surface area contributed by atoms with E-state index in [0.29, 0.717) is 18.9 Å². The maximum atomic E-state index is 12.2. The highest BCUT2D eigenvalue weighted by Gasteiger charge is 2.25. The van der Waals surface area contributed by atoms with Crippen molar-refractivity contribution in [3.63, 3.8) is 0 Å². The number of carbonyl (C=O) groups excluding carboxylic acids is 3. The third-order valence-corrected chi connectivity index (χ3v) is 4.58. The summed E-state index contributed by atoms with van der Waals surface area (Å²) < 4.78 is 0. The van der Waals surface area contributed by atoms with E-state index >= 15 is 0 Å². The Balaban J connectivity index is 1.63. The van der Waals surface area contributed by atoms with Crippen molar-refractivity contribution in [2.24, 2.45) is 11.7 Å². The lowest BCUT2D eigenvalue weighted by Crippen LogP contribution is -2.49. The Hall–Kier alpha value is -1.63. The second kappa shape index (κ2) is 8.12. The van der Waals surface area contributed by atoms with Gasteiger partial charge in [0.15, 0.2) is 0 Å². The lowest BCUT2D eigenvalue weighted by atomic mass is 10.0. The molecule has 3 N–H and O–H groups in total. The van der Waals surface area contributed by atoms with Crippen molar-refractivity contribution in [3.05, 3.63) is 0 Å². The number of piperazine rings is 1. The molecule has 0 unspecified atom stereocenters. The molecule has 1 aliphatic carbocycles. The van der Waals surface area contributed by atoms with Gasteiger partial charge in [-0.2, -0.15) is 0 Å². The molecule has 0 bridgehead atoms. The standard InChI is InChI=1S/C15H26N4O3/c16-15(22)17-13(20)5-6-18-7-9-19(10-8-18)14(21)11-12-3-1-2-4-12/h12H,1-11H2,(H3,16,17,20,22). The number of amides is 4. The normalized spacial score (nSPS) is 20.1. The molecule has 124 valence electrons. The van der Waals surface area contributed by atoms with Gasteiger partial charge in [0.05, 0.1) is 0 Å². The first-order chi connectivity index (χ1) is 10.5. The molecule has 4 amide bonds. The predicted molar refractivity (Wildman–Crippen MR) is 81.9 cm³/mol. The molecule has 1 aliphatic heterocycles. The van der Waals surface area contributed by atoms with E-state index in [-0.39, 0.29) is 18.2 Å². The predicted octanol–water partition coefficient (Wildman–Crippen LogP) is 0.296. The topological polar surface area (TPSA) is 95.7 Å². The number of rotatable bonds is 5. The van der Waals surface area contributed by atoms with E-state index in [0.717, 1.165) is 26.2 Å². The average Bonchev–Trinajstić information content (AvgIpc) is 2.98. The van der Waals surface area contributed by atoms with Gasteiger partial charge in [-0.15, -0.1) is 0 Å². The zero-order valence-electron chi connectivity index (χ0n) is 13.1. The third-order valence-electron chi connectivity index (χ3n) is 4.58. The number of primary amides is 1. The fourth-order valence-electron chi connectivity index (χ4n) is 3.27. The zero-order chi connectivity index (χ0) is 15.9. The summed E-state index contributed by atoms with van der Waals surface area (Å²) in [4.78, 5) is 38.2. The van der Waals surface area contributed by atoms with Crippen LogP contribution in [-0.4, -0.2) is 60.4 Å². The first-order valence-corrected chi connectivity index (χ1v) is 8.14. The molecule has 7 heteroatoms. The van der Waals surface area contributed by atoms with Gasteiger partial charge < -0.3 is 10.6 Å². The molecule has 1 saturated carbocycles. The minimum absolute atomic E-state index is 0.249. The van der Waals surface area contributed by atoms with Crippen LogP contribution in [0, 0.1) is 5.92 Å². The number of nitrogens with zero attached hydrogens (tertiary/aromatic N) is 2. The zero-order valence-corrected chi connectivity index (χ0v) is 13.1. The minimum atomic E-state index is -0.813. The number of urea groups is 1. The van der Waals surface area contributed by atoms with Crippen molar-refractivity contribution >= 4 is 17.8 Å². The van der Waals surface area contributed by atoms with E-state index in [9.17, 15) is 14.4 Å². The molecule has 0 radical (unpaired) electrons. The van der Waals surface area contributed by atoms with Gasteiger partial charge >= 0.3 is 6.03 Å². The molecule has 1 saturated heterocycles. The number of nitrogens with one attached hydrogen (secondary N) is 1. The van der Waals surface area contributed by atoms with Crippen LogP contribution in [0.5, 0.6) is 0 Å². The smallest absolute Gasteiger partial charge is 0.318 e. The Bertz CT molecular complexity index is 413. The molecule has 2 fully saturated rings. The van der Waals surface area contributed by atoms with Gasteiger partial charge in [-0.25, -0.2) is 4.79 Å². The number of carbonyl (C=O) groups is 3. The molecule has 0 spiro atoms. The minimum Gasteiger partial charge on any atom is -0.351 e.